The predicted octanol–water partition coefficient (Wildman–Crippen LogP) is 3.32. The van der Waals surface area contributed by atoms with Crippen LogP contribution >= 0.6 is 0 Å². The third-order valence-electron chi connectivity index (χ3n) is 4.67. The number of nitrogens with one attached hydrogen (secondary N) is 1. The Bertz CT molecular complexity index is 1070. The van der Waals surface area contributed by atoms with Crippen LogP contribution in [0.2, 0.25) is 0 Å². The molecule has 2 amide bonds. The summed E-state index contributed by atoms with van der Waals surface area (Å²) in [4.78, 5) is 23.6. The lowest BCUT2D eigenvalue weighted by Crippen LogP contribution is -2.41. The van der Waals surface area contributed by atoms with Gasteiger partial charge in [-0.1, -0.05) is 18.2 Å². The summed E-state index contributed by atoms with van der Waals surface area (Å²) >= 11 is 0. The molecule has 0 bridgehead atoms. The Morgan fingerprint density at radius 3 is 2.43 bits per heavy atom. The predicted molar refractivity (Wildman–Crippen MR) is 114 cm³/mol. The van der Waals surface area contributed by atoms with Crippen LogP contribution in [0.15, 0.2) is 66.9 Å². The first-order chi connectivity index (χ1) is 14.3. The standard InChI is InChI=1S/C23H23FN4O2/c1-23(2,22(25)30)15-26-20(29)13-10-17-14-28(19-6-4-3-5-7-19)27-21(17)16-8-11-18(24)12-9-16/h3-14H,15H2,1-2H3,(H2,25,30)(H,26,29)/b13-10+. The van der Waals surface area contributed by atoms with Crippen LogP contribution in [-0.2, 0) is 9.59 Å². The molecule has 7 heteroatoms. The first-order valence-corrected chi connectivity index (χ1v) is 9.43. The Morgan fingerprint density at radius 2 is 1.80 bits per heavy atom. The van der Waals surface area contributed by atoms with Crippen molar-refractivity contribution in [2.45, 2.75) is 13.8 Å². The molecule has 30 heavy (non-hydrogen) atoms. The molecule has 3 rings (SSSR count). The zero-order valence-corrected chi connectivity index (χ0v) is 16.8. The summed E-state index contributed by atoms with van der Waals surface area (Å²) in [5.74, 6) is -1.19. The lowest BCUT2D eigenvalue weighted by molar-refractivity contribution is -0.126. The van der Waals surface area contributed by atoms with Crippen molar-refractivity contribution in [1.29, 1.82) is 0 Å². The van der Waals surface area contributed by atoms with Gasteiger partial charge in [0.15, 0.2) is 0 Å². The molecule has 0 aliphatic heterocycles. The minimum Gasteiger partial charge on any atom is -0.369 e. The Balaban J connectivity index is 1.88. The van der Waals surface area contributed by atoms with Gasteiger partial charge in [-0.2, -0.15) is 5.10 Å². The van der Waals surface area contributed by atoms with E-state index >= 15 is 0 Å². The fourth-order valence-electron chi connectivity index (χ4n) is 2.67. The van der Waals surface area contributed by atoms with Crippen molar-refractivity contribution in [3.8, 4) is 16.9 Å². The summed E-state index contributed by atoms with van der Waals surface area (Å²) in [6.07, 6.45) is 4.80. The first-order valence-electron chi connectivity index (χ1n) is 9.43. The average Bonchev–Trinajstić information content (AvgIpc) is 3.16. The fourth-order valence-corrected chi connectivity index (χ4v) is 2.67. The van der Waals surface area contributed by atoms with Crippen molar-refractivity contribution < 1.29 is 14.0 Å². The van der Waals surface area contributed by atoms with Gasteiger partial charge in [0.25, 0.3) is 0 Å². The maximum absolute atomic E-state index is 13.3. The summed E-state index contributed by atoms with van der Waals surface area (Å²) < 4.78 is 15.0. The monoisotopic (exact) mass is 406 g/mol. The van der Waals surface area contributed by atoms with Crippen molar-refractivity contribution in [3.63, 3.8) is 0 Å². The number of hydrogen-bond acceptors (Lipinski definition) is 3. The van der Waals surface area contributed by atoms with Crippen molar-refractivity contribution in [3.05, 3.63) is 78.3 Å². The molecule has 6 nitrogen and oxygen atoms in total. The first kappa shape index (κ1) is 21.0. The maximum atomic E-state index is 13.3. The van der Waals surface area contributed by atoms with Gasteiger partial charge in [0.1, 0.15) is 5.82 Å². The molecule has 0 aliphatic rings. The molecule has 0 unspecified atom stereocenters. The van der Waals surface area contributed by atoms with Crippen LogP contribution in [0, 0.1) is 11.2 Å². The Kier molecular flexibility index (Phi) is 6.11. The molecule has 0 radical (unpaired) electrons. The molecule has 0 aliphatic carbocycles. The van der Waals surface area contributed by atoms with Gasteiger partial charge >= 0.3 is 0 Å². The van der Waals surface area contributed by atoms with E-state index in [0.717, 1.165) is 11.3 Å². The van der Waals surface area contributed by atoms with Crippen LogP contribution in [0.25, 0.3) is 23.0 Å². The molecule has 2 aromatic carbocycles. The van der Waals surface area contributed by atoms with E-state index in [-0.39, 0.29) is 18.3 Å². The average molecular weight is 406 g/mol. The minimum absolute atomic E-state index is 0.125. The maximum Gasteiger partial charge on any atom is 0.244 e. The molecule has 1 heterocycles. The highest BCUT2D eigenvalue weighted by atomic mass is 19.1. The lowest BCUT2D eigenvalue weighted by Gasteiger charge is -2.19. The second kappa shape index (κ2) is 8.73. The molecule has 0 spiro atoms. The normalized spacial score (nSPS) is 11.6. The topological polar surface area (TPSA) is 90.0 Å². The number of aromatic nitrogens is 2. The smallest absolute Gasteiger partial charge is 0.244 e. The highest BCUT2D eigenvalue weighted by Crippen LogP contribution is 2.25. The fraction of sp³-hybridized carbons (Fsp3) is 0.174. The quantitative estimate of drug-likeness (QED) is 0.590. The number of rotatable bonds is 7. The second-order valence-electron chi connectivity index (χ2n) is 7.52. The largest absolute Gasteiger partial charge is 0.369 e. The molecule has 0 saturated heterocycles. The zero-order valence-electron chi connectivity index (χ0n) is 16.8. The Hall–Kier alpha value is -3.74. The molecule has 3 N–H and O–H groups in total. The van der Waals surface area contributed by atoms with Crippen LogP contribution in [0.4, 0.5) is 4.39 Å². The number of halogens is 1. The SMILES string of the molecule is CC(C)(CNC(=O)/C=C/c1cn(-c2ccccc2)nc1-c1ccc(F)cc1)C(N)=O. The third-order valence-corrected chi connectivity index (χ3v) is 4.67. The van der Waals surface area contributed by atoms with Gasteiger partial charge in [-0.3, -0.25) is 9.59 Å². The van der Waals surface area contributed by atoms with E-state index in [2.05, 4.69) is 10.4 Å². The van der Waals surface area contributed by atoms with Gasteiger partial charge in [-0.25, -0.2) is 9.07 Å². The molecular weight excluding hydrogens is 383 g/mol. The van der Waals surface area contributed by atoms with E-state index in [0.29, 0.717) is 11.3 Å². The second-order valence-corrected chi connectivity index (χ2v) is 7.52. The van der Waals surface area contributed by atoms with Gasteiger partial charge in [-0.05, 0) is 56.3 Å². The zero-order chi connectivity index (χ0) is 21.7. The summed E-state index contributed by atoms with van der Waals surface area (Å²) in [5.41, 5.74) is 7.36. The van der Waals surface area contributed by atoms with E-state index < -0.39 is 11.3 Å². The summed E-state index contributed by atoms with van der Waals surface area (Å²) in [5, 5.41) is 7.29. The molecule has 154 valence electrons. The number of hydrogen-bond donors (Lipinski definition) is 2. The highest BCUT2D eigenvalue weighted by molar-refractivity contribution is 5.93. The molecule has 0 fully saturated rings. The number of amides is 2. The van der Waals surface area contributed by atoms with Crippen LogP contribution in [0.1, 0.15) is 19.4 Å². The van der Waals surface area contributed by atoms with Crippen LogP contribution in [0.5, 0.6) is 0 Å². The number of para-hydroxylation sites is 1. The number of benzene rings is 2. The van der Waals surface area contributed by atoms with Crippen LogP contribution < -0.4 is 11.1 Å². The van der Waals surface area contributed by atoms with Crippen molar-refractivity contribution >= 4 is 17.9 Å². The summed E-state index contributed by atoms with van der Waals surface area (Å²) in [6.45, 7) is 3.45. The van der Waals surface area contributed by atoms with Gasteiger partial charge in [0.2, 0.25) is 11.8 Å². The summed E-state index contributed by atoms with van der Waals surface area (Å²) in [7, 11) is 0. The van der Waals surface area contributed by atoms with Gasteiger partial charge in [-0.15, -0.1) is 0 Å². The molecule has 0 atom stereocenters. The van der Waals surface area contributed by atoms with Gasteiger partial charge < -0.3 is 11.1 Å². The van der Waals surface area contributed by atoms with E-state index in [1.54, 1.807) is 42.9 Å². The molecule has 3 aromatic rings. The number of carbonyl (C=O) groups is 2. The minimum atomic E-state index is -0.846. The van der Waals surface area contributed by atoms with E-state index in [1.165, 1.54) is 18.2 Å². The molecule has 0 saturated carbocycles. The Labute approximate surface area is 174 Å². The highest BCUT2D eigenvalue weighted by Gasteiger charge is 2.25. The third kappa shape index (κ3) is 5.00. The lowest BCUT2D eigenvalue weighted by atomic mass is 9.93. The molecule has 1 aromatic heterocycles. The van der Waals surface area contributed by atoms with Gasteiger partial charge in [0, 0.05) is 29.9 Å². The van der Waals surface area contributed by atoms with Crippen molar-refractivity contribution in [2.24, 2.45) is 11.1 Å². The number of nitrogens with zero attached hydrogens (tertiary/aromatic N) is 2. The van der Waals surface area contributed by atoms with Crippen molar-refractivity contribution in [2.75, 3.05) is 6.54 Å². The number of primary amides is 1. The Morgan fingerprint density at radius 1 is 1.13 bits per heavy atom. The number of carbonyl (C=O) groups excluding carboxylic acids is 2. The molecular formula is C23H23FN4O2. The van der Waals surface area contributed by atoms with Crippen LogP contribution in [0.3, 0.4) is 0 Å². The van der Waals surface area contributed by atoms with Crippen LogP contribution in [-0.4, -0.2) is 28.1 Å². The van der Waals surface area contributed by atoms with Crippen molar-refractivity contribution in [1.82, 2.24) is 15.1 Å². The van der Waals surface area contributed by atoms with Gasteiger partial charge in [0.05, 0.1) is 16.8 Å². The van der Waals surface area contributed by atoms with E-state index in [1.807, 2.05) is 30.3 Å². The van der Waals surface area contributed by atoms with E-state index in [4.69, 9.17) is 5.73 Å². The summed E-state index contributed by atoms with van der Waals surface area (Å²) in [6, 6.07) is 15.5. The van der Waals surface area contributed by atoms with E-state index in [9.17, 15) is 14.0 Å². The number of nitrogens with two attached hydrogens (primary N) is 1.